The molecule has 8 nitrogen and oxygen atoms in total. The van der Waals surface area contributed by atoms with Crippen LogP contribution in [0, 0.1) is 5.41 Å². The summed E-state index contributed by atoms with van der Waals surface area (Å²) in [6.45, 7) is 2.38. The van der Waals surface area contributed by atoms with E-state index in [1.807, 2.05) is 0 Å². The first-order valence-electron chi connectivity index (χ1n) is 9.98. The van der Waals surface area contributed by atoms with Gasteiger partial charge < -0.3 is 18.8 Å². The lowest BCUT2D eigenvalue weighted by Crippen LogP contribution is -2.52. The molecular weight excluding hydrogens is 408 g/mol. The Bertz CT molecular complexity index is 981. The number of amides is 1. The third-order valence-electron chi connectivity index (χ3n) is 5.94. The summed E-state index contributed by atoms with van der Waals surface area (Å²) in [5, 5.41) is 0. The van der Waals surface area contributed by atoms with Crippen LogP contribution >= 0.6 is 0 Å². The van der Waals surface area contributed by atoms with Crippen LogP contribution in [0.2, 0.25) is 0 Å². The van der Waals surface area contributed by atoms with Gasteiger partial charge in [-0.3, -0.25) is 4.79 Å². The van der Waals surface area contributed by atoms with Crippen LogP contribution in [0.25, 0.3) is 0 Å². The molecule has 1 saturated heterocycles. The number of fused-ring (bicyclic) bond motifs is 1. The van der Waals surface area contributed by atoms with Gasteiger partial charge in [0.2, 0.25) is 10.0 Å². The number of benzene rings is 1. The number of piperidine rings is 1. The highest BCUT2D eigenvalue weighted by Crippen LogP contribution is 2.39. The monoisotopic (exact) mass is 434 g/mol. The number of para-hydroxylation sites is 1. The van der Waals surface area contributed by atoms with Gasteiger partial charge in [-0.1, -0.05) is 12.1 Å². The van der Waals surface area contributed by atoms with Crippen LogP contribution in [0.4, 0.5) is 0 Å². The summed E-state index contributed by atoms with van der Waals surface area (Å²) in [4.78, 5) is 14.6. The number of nitrogens with zero attached hydrogens (tertiary/aromatic N) is 2. The van der Waals surface area contributed by atoms with Gasteiger partial charge in [0.1, 0.15) is 16.9 Å². The number of hydrogen-bond donors (Lipinski definition) is 0. The molecule has 4 rings (SSSR count). The van der Waals surface area contributed by atoms with E-state index in [-0.39, 0.29) is 22.8 Å². The molecule has 2 aromatic rings. The highest BCUT2D eigenvalue weighted by molar-refractivity contribution is 7.89. The summed E-state index contributed by atoms with van der Waals surface area (Å²) in [6.07, 6.45) is 4.23. The van der Waals surface area contributed by atoms with Crippen LogP contribution in [0.15, 0.2) is 52.2 Å². The quantitative estimate of drug-likeness (QED) is 0.733. The number of carbonyl (C=O) groups excluding carboxylic acids is 1. The summed E-state index contributed by atoms with van der Waals surface area (Å²) in [5.74, 6) is 0.301. The molecule has 0 radical (unpaired) electrons. The Hall–Kier alpha value is -2.36. The van der Waals surface area contributed by atoms with Crippen molar-refractivity contribution in [1.29, 1.82) is 0 Å². The summed E-state index contributed by atoms with van der Waals surface area (Å²) in [7, 11) is -2.16. The van der Waals surface area contributed by atoms with E-state index >= 15 is 0 Å². The van der Waals surface area contributed by atoms with E-state index in [9.17, 15) is 13.2 Å². The van der Waals surface area contributed by atoms with Crippen LogP contribution in [0.1, 0.15) is 23.2 Å². The number of ether oxygens (including phenoxy) is 2. The average molecular weight is 435 g/mol. The van der Waals surface area contributed by atoms with Crippen molar-refractivity contribution in [2.45, 2.75) is 17.7 Å². The normalized spacial score (nSPS) is 20.8. The predicted molar refractivity (Wildman–Crippen MR) is 109 cm³/mol. The van der Waals surface area contributed by atoms with Crippen molar-refractivity contribution in [1.82, 2.24) is 9.21 Å². The molecule has 0 unspecified atom stereocenters. The highest BCUT2D eigenvalue weighted by Gasteiger charge is 2.43. The first kappa shape index (κ1) is 20.9. The molecule has 1 amide bonds. The molecule has 3 heterocycles. The van der Waals surface area contributed by atoms with E-state index in [1.54, 1.807) is 42.3 Å². The first-order valence-corrected chi connectivity index (χ1v) is 11.4. The number of likely N-dealkylation sites (tertiary alicyclic amines) is 1. The fraction of sp³-hybridized carbons (Fsp3) is 0.476. The summed E-state index contributed by atoms with van der Waals surface area (Å²) >= 11 is 0. The van der Waals surface area contributed by atoms with Gasteiger partial charge in [0.15, 0.2) is 0 Å². The SMILES string of the molecule is COCCN1CC2(CCN(C(=O)c3ccoc3)CC2)COc2ccccc2S1(=O)=O. The molecule has 9 heteroatoms. The molecule has 0 bridgehead atoms. The Morgan fingerprint density at radius 1 is 1.20 bits per heavy atom. The average Bonchev–Trinajstić information content (AvgIpc) is 3.30. The number of rotatable bonds is 4. The maximum Gasteiger partial charge on any atom is 0.257 e. The molecule has 2 aliphatic heterocycles. The van der Waals surface area contributed by atoms with Crippen LogP contribution < -0.4 is 4.74 Å². The van der Waals surface area contributed by atoms with Gasteiger partial charge in [-0.25, -0.2) is 8.42 Å². The minimum absolute atomic E-state index is 0.0698. The number of furan rings is 1. The van der Waals surface area contributed by atoms with Gasteiger partial charge in [0, 0.05) is 38.7 Å². The topological polar surface area (TPSA) is 89.3 Å². The molecule has 30 heavy (non-hydrogen) atoms. The van der Waals surface area contributed by atoms with Gasteiger partial charge >= 0.3 is 0 Å². The molecule has 0 saturated carbocycles. The Balaban J connectivity index is 1.58. The molecule has 0 aliphatic carbocycles. The Morgan fingerprint density at radius 2 is 1.97 bits per heavy atom. The lowest BCUT2D eigenvalue weighted by molar-refractivity contribution is 0.0275. The minimum Gasteiger partial charge on any atom is -0.492 e. The van der Waals surface area contributed by atoms with Gasteiger partial charge in [-0.05, 0) is 31.0 Å². The first-order chi connectivity index (χ1) is 14.5. The van der Waals surface area contributed by atoms with Crippen molar-refractivity contribution >= 4 is 15.9 Å². The molecule has 1 fully saturated rings. The maximum absolute atomic E-state index is 13.4. The van der Waals surface area contributed by atoms with Crippen molar-refractivity contribution in [2.24, 2.45) is 5.41 Å². The highest BCUT2D eigenvalue weighted by atomic mass is 32.2. The molecule has 162 valence electrons. The largest absolute Gasteiger partial charge is 0.492 e. The predicted octanol–water partition coefficient (Wildman–Crippen LogP) is 2.23. The third kappa shape index (κ3) is 3.97. The summed E-state index contributed by atoms with van der Waals surface area (Å²) in [5.41, 5.74) is 0.153. The van der Waals surface area contributed by atoms with Crippen molar-refractivity contribution in [2.75, 3.05) is 46.5 Å². The molecule has 2 aliphatic rings. The zero-order valence-corrected chi connectivity index (χ0v) is 17.8. The zero-order chi connectivity index (χ0) is 21.2. The van der Waals surface area contributed by atoms with Crippen molar-refractivity contribution in [3.63, 3.8) is 0 Å². The Kier molecular flexibility index (Phi) is 5.86. The molecule has 1 spiro atoms. The Morgan fingerprint density at radius 3 is 2.67 bits per heavy atom. The van der Waals surface area contributed by atoms with Gasteiger partial charge in [-0.15, -0.1) is 0 Å². The number of hydrogen-bond acceptors (Lipinski definition) is 6. The summed E-state index contributed by atoms with van der Waals surface area (Å²) < 4.78 is 44.4. The second kappa shape index (κ2) is 8.41. The van der Waals surface area contributed by atoms with Crippen LogP contribution in [-0.4, -0.2) is 70.0 Å². The molecule has 0 N–H and O–H groups in total. The molecule has 0 atom stereocenters. The number of methoxy groups -OCH3 is 1. The fourth-order valence-electron chi connectivity index (χ4n) is 4.10. The second-order valence-corrected chi connectivity index (χ2v) is 9.78. The number of sulfonamides is 1. The second-order valence-electron chi connectivity index (χ2n) is 7.87. The van der Waals surface area contributed by atoms with E-state index in [1.165, 1.54) is 16.8 Å². The van der Waals surface area contributed by atoms with Gasteiger partial charge in [-0.2, -0.15) is 4.31 Å². The van der Waals surface area contributed by atoms with E-state index in [2.05, 4.69) is 0 Å². The van der Waals surface area contributed by atoms with Crippen molar-refractivity contribution in [3.05, 3.63) is 48.4 Å². The van der Waals surface area contributed by atoms with Crippen molar-refractivity contribution < 1.29 is 27.1 Å². The van der Waals surface area contributed by atoms with Crippen LogP contribution in [-0.2, 0) is 14.8 Å². The fourth-order valence-corrected chi connectivity index (χ4v) is 5.77. The molecular formula is C21H26N2O6S. The Labute approximate surface area is 176 Å². The lowest BCUT2D eigenvalue weighted by atomic mass is 9.78. The van der Waals surface area contributed by atoms with E-state index < -0.39 is 10.0 Å². The van der Waals surface area contributed by atoms with E-state index in [0.29, 0.717) is 57.0 Å². The maximum atomic E-state index is 13.4. The van der Waals surface area contributed by atoms with Crippen LogP contribution in [0.5, 0.6) is 5.75 Å². The summed E-state index contributed by atoms with van der Waals surface area (Å²) in [6, 6.07) is 8.40. The standard InChI is InChI=1S/C21H26N2O6S/c1-27-13-11-23-15-21(16-29-18-4-2-3-5-19(18)30(23,25)26)7-9-22(10-8-21)20(24)17-6-12-28-14-17/h2-6,12,14H,7-11,13,15-16H2,1H3. The third-order valence-corrected chi connectivity index (χ3v) is 7.82. The molecule has 1 aromatic heterocycles. The van der Waals surface area contributed by atoms with Gasteiger partial charge in [0.25, 0.3) is 5.91 Å². The van der Waals surface area contributed by atoms with E-state index in [0.717, 1.165) is 0 Å². The zero-order valence-electron chi connectivity index (χ0n) is 17.0. The van der Waals surface area contributed by atoms with Crippen molar-refractivity contribution in [3.8, 4) is 5.75 Å². The molecule has 1 aromatic carbocycles. The minimum atomic E-state index is -3.72. The lowest BCUT2D eigenvalue weighted by Gasteiger charge is -2.44. The van der Waals surface area contributed by atoms with Gasteiger partial charge in [0.05, 0.1) is 25.0 Å². The number of carbonyl (C=O) groups is 1. The van der Waals surface area contributed by atoms with Crippen LogP contribution in [0.3, 0.4) is 0 Å². The smallest absolute Gasteiger partial charge is 0.257 e. The van der Waals surface area contributed by atoms with E-state index in [4.69, 9.17) is 13.9 Å².